The van der Waals surface area contributed by atoms with E-state index in [2.05, 4.69) is 20.5 Å². The van der Waals surface area contributed by atoms with E-state index in [9.17, 15) is 4.79 Å². The lowest BCUT2D eigenvalue weighted by molar-refractivity contribution is 0.444. The van der Waals surface area contributed by atoms with Gasteiger partial charge in [0.1, 0.15) is 12.1 Å². The second-order valence-electron chi connectivity index (χ2n) is 5.02. The van der Waals surface area contributed by atoms with Gasteiger partial charge >= 0.3 is 5.69 Å². The van der Waals surface area contributed by atoms with Crippen LogP contribution in [0, 0.1) is 11.8 Å². The summed E-state index contributed by atoms with van der Waals surface area (Å²) in [6, 6.07) is 1.77. The fraction of sp³-hybridized carbons (Fsp3) is 0.583. The third-order valence-electron chi connectivity index (χ3n) is 3.87. The third kappa shape index (κ3) is 2.45. The Hall–Kier alpha value is -1.56. The van der Waals surface area contributed by atoms with Crippen LogP contribution in [0.5, 0.6) is 0 Å². The van der Waals surface area contributed by atoms with Crippen molar-refractivity contribution >= 4 is 23.1 Å². The molecular formula is C12H16ClN5O. The Bertz CT molecular complexity index is 622. The van der Waals surface area contributed by atoms with Gasteiger partial charge in [-0.15, -0.1) is 11.6 Å². The van der Waals surface area contributed by atoms with Gasteiger partial charge in [0.2, 0.25) is 0 Å². The van der Waals surface area contributed by atoms with E-state index in [0.717, 1.165) is 18.2 Å². The van der Waals surface area contributed by atoms with Gasteiger partial charge in [0, 0.05) is 18.5 Å². The van der Waals surface area contributed by atoms with Gasteiger partial charge in [-0.2, -0.15) is 5.10 Å². The number of aromatic nitrogens is 4. The number of fused-ring (bicyclic) bond motifs is 1. The molecule has 2 heterocycles. The van der Waals surface area contributed by atoms with Crippen molar-refractivity contribution in [2.75, 3.05) is 17.7 Å². The standard InChI is InChI=1S/C12H16ClN5O/c13-5-8-2-1-3-9(8)6-14-10-4-11-16-17-12(19)18(11)7-15-10/h4,7-9,14H,1-3,5-6H2,(H,17,19). The van der Waals surface area contributed by atoms with Crippen molar-refractivity contribution < 1.29 is 0 Å². The second kappa shape index (κ2) is 5.21. The number of nitrogens with one attached hydrogen (secondary N) is 2. The molecule has 2 aromatic rings. The molecule has 0 amide bonds. The number of H-pyrrole nitrogens is 1. The highest BCUT2D eigenvalue weighted by atomic mass is 35.5. The quantitative estimate of drug-likeness (QED) is 0.833. The molecule has 0 aliphatic heterocycles. The summed E-state index contributed by atoms with van der Waals surface area (Å²) < 4.78 is 1.38. The molecule has 1 fully saturated rings. The number of anilines is 1. The monoisotopic (exact) mass is 281 g/mol. The zero-order valence-electron chi connectivity index (χ0n) is 10.5. The third-order valence-corrected chi connectivity index (χ3v) is 4.27. The molecule has 2 N–H and O–H groups in total. The first-order chi connectivity index (χ1) is 9.28. The Labute approximate surface area is 115 Å². The van der Waals surface area contributed by atoms with Crippen LogP contribution in [0.4, 0.5) is 5.82 Å². The molecule has 0 saturated heterocycles. The first-order valence-corrected chi connectivity index (χ1v) is 7.04. The van der Waals surface area contributed by atoms with Gasteiger partial charge < -0.3 is 5.32 Å². The summed E-state index contributed by atoms with van der Waals surface area (Å²) in [5, 5.41) is 9.62. The van der Waals surface area contributed by atoms with Crippen molar-refractivity contribution in [3.63, 3.8) is 0 Å². The molecule has 2 aromatic heterocycles. The molecule has 1 saturated carbocycles. The zero-order valence-corrected chi connectivity index (χ0v) is 11.2. The predicted molar refractivity (Wildman–Crippen MR) is 73.6 cm³/mol. The van der Waals surface area contributed by atoms with Gasteiger partial charge in [0.25, 0.3) is 0 Å². The van der Waals surface area contributed by atoms with Gasteiger partial charge in [-0.25, -0.2) is 19.3 Å². The zero-order chi connectivity index (χ0) is 13.2. The lowest BCUT2D eigenvalue weighted by Crippen LogP contribution is -2.20. The molecule has 0 aromatic carbocycles. The minimum absolute atomic E-state index is 0.271. The van der Waals surface area contributed by atoms with Crippen LogP contribution in [-0.2, 0) is 0 Å². The van der Waals surface area contributed by atoms with Crippen LogP contribution in [0.3, 0.4) is 0 Å². The summed E-state index contributed by atoms with van der Waals surface area (Å²) in [6.07, 6.45) is 5.17. The Morgan fingerprint density at radius 3 is 3.16 bits per heavy atom. The molecule has 1 aliphatic rings. The lowest BCUT2D eigenvalue weighted by Gasteiger charge is -2.17. The van der Waals surface area contributed by atoms with E-state index in [1.165, 1.54) is 30.0 Å². The van der Waals surface area contributed by atoms with Crippen molar-refractivity contribution in [3.8, 4) is 0 Å². The van der Waals surface area contributed by atoms with E-state index in [0.29, 0.717) is 17.5 Å². The van der Waals surface area contributed by atoms with Gasteiger partial charge in [-0.05, 0) is 24.7 Å². The number of hydrogen-bond acceptors (Lipinski definition) is 4. The Morgan fingerprint density at radius 2 is 2.32 bits per heavy atom. The number of nitrogens with zero attached hydrogens (tertiary/aromatic N) is 3. The van der Waals surface area contributed by atoms with Crippen LogP contribution in [0.2, 0.25) is 0 Å². The number of rotatable bonds is 4. The maximum atomic E-state index is 11.3. The minimum atomic E-state index is -0.271. The Morgan fingerprint density at radius 1 is 1.47 bits per heavy atom. The van der Waals surface area contributed by atoms with E-state index >= 15 is 0 Å². The topological polar surface area (TPSA) is 75.1 Å². The van der Waals surface area contributed by atoms with Crippen LogP contribution < -0.4 is 11.0 Å². The highest BCUT2D eigenvalue weighted by Crippen LogP contribution is 2.32. The number of aromatic amines is 1. The van der Waals surface area contributed by atoms with Crippen molar-refractivity contribution in [3.05, 3.63) is 22.9 Å². The molecule has 0 radical (unpaired) electrons. The van der Waals surface area contributed by atoms with Crippen LogP contribution >= 0.6 is 11.6 Å². The molecule has 6 nitrogen and oxygen atoms in total. The van der Waals surface area contributed by atoms with Crippen LogP contribution in [0.15, 0.2) is 17.2 Å². The molecule has 0 spiro atoms. The SMILES string of the molecule is O=c1[nH]nc2cc(NCC3CCCC3CCl)ncn12. The van der Waals surface area contributed by atoms with E-state index in [1.807, 2.05) is 0 Å². The number of halogens is 1. The average Bonchev–Trinajstić information content (AvgIpc) is 3.03. The number of alkyl halides is 1. The van der Waals surface area contributed by atoms with Crippen molar-refractivity contribution in [1.29, 1.82) is 0 Å². The summed E-state index contributed by atoms with van der Waals surface area (Å²) in [7, 11) is 0. The van der Waals surface area contributed by atoms with Crippen molar-refractivity contribution in [1.82, 2.24) is 19.6 Å². The molecule has 19 heavy (non-hydrogen) atoms. The summed E-state index contributed by atoms with van der Waals surface area (Å²) in [5.41, 5.74) is 0.301. The predicted octanol–water partition coefficient (Wildman–Crippen LogP) is 1.48. The van der Waals surface area contributed by atoms with Crippen molar-refractivity contribution in [2.24, 2.45) is 11.8 Å². The van der Waals surface area contributed by atoms with E-state index in [1.54, 1.807) is 6.07 Å². The number of hydrogen-bond donors (Lipinski definition) is 2. The molecule has 1 aliphatic carbocycles. The molecule has 7 heteroatoms. The Kier molecular flexibility index (Phi) is 3.42. The molecule has 102 valence electrons. The first kappa shape index (κ1) is 12.5. The largest absolute Gasteiger partial charge is 0.370 e. The minimum Gasteiger partial charge on any atom is -0.370 e. The second-order valence-corrected chi connectivity index (χ2v) is 5.33. The molecular weight excluding hydrogens is 266 g/mol. The normalized spacial score (nSPS) is 23.0. The molecule has 3 rings (SSSR count). The fourth-order valence-electron chi connectivity index (χ4n) is 2.73. The fourth-order valence-corrected chi connectivity index (χ4v) is 3.13. The van der Waals surface area contributed by atoms with Gasteiger partial charge in [-0.1, -0.05) is 6.42 Å². The summed E-state index contributed by atoms with van der Waals surface area (Å²) in [6.45, 7) is 0.870. The van der Waals surface area contributed by atoms with E-state index < -0.39 is 0 Å². The maximum absolute atomic E-state index is 11.3. The highest BCUT2D eigenvalue weighted by Gasteiger charge is 2.26. The summed E-state index contributed by atoms with van der Waals surface area (Å²) in [4.78, 5) is 15.5. The first-order valence-electron chi connectivity index (χ1n) is 6.50. The maximum Gasteiger partial charge on any atom is 0.348 e. The van der Waals surface area contributed by atoms with Crippen LogP contribution in [0.1, 0.15) is 19.3 Å². The lowest BCUT2D eigenvalue weighted by atomic mass is 9.98. The highest BCUT2D eigenvalue weighted by molar-refractivity contribution is 6.18. The molecule has 0 bridgehead atoms. The molecule has 2 atom stereocenters. The van der Waals surface area contributed by atoms with E-state index in [-0.39, 0.29) is 5.69 Å². The van der Waals surface area contributed by atoms with E-state index in [4.69, 9.17) is 11.6 Å². The average molecular weight is 282 g/mol. The smallest absolute Gasteiger partial charge is 0.348 e. The van der Waals surface area contributed by atoms with Gasteiger partial charge in [-0.3, -0.25) is 0 Å². The van der Waals surface area contributed by atoms with Gasteiger partial charge in [0.05, 0.1) is 0 Å². The van der Waals surface area contributed by atoms with Gasteiger partial charge in [0.15, 0.2) is 5.65 Å². The van der Waals surface area contributed by atoms with Crippen LogP contribution in [-0.4, -0.2) is 32.0 Å². The summed E-state index contributed by atoms with van der Waals surface area (Å²) in [5.74, 6) is 2.68. The van der Waals surface area contributed by atoms with Crippen molar-refractivity contribution in [2.45, 2.75) is 19.3 Å². The summed E-state index contributed by atoms with van der Waals surface area (Å²) >= 11 is 5.97. The Balaban J connectivity index is 1.69. The molecule has 2 unspecified atom stereocenters. The van der Waals surface area contributed by atoms with Crippen LogP contribution in [0.25, 0.3) is 5.65 Å².